The molecular formula is C15H11F3N4OS. The Hall–Kier alpha value is -2.68. The van der Waals surface area contributed by atoms with E-state index in [0.717, 1.165) is 17.0 Å². The highest BCUT2D eigenvalue weighted by molar-refractivity contribution is 7.17. The molecule has 9 heteroatoms. The smallest absolute Gasteiger partial charge is 0.416 e. The van der Waals surface area contributed by atoms with E-state index in [1.165, 1.54) is 23.5 Å². The molecule has 24 heavy (non-hydrogen) atoms. The molecule has 5 nitrogen and oxygen atoms in total. The first kappa shape index (κ1) is 16.2. The standard InChI is InChI=1S/C15H11F3N4OS/c1-19-8-11-14(21-22-20-11)12-5-6-13(24-12)23-10-4-2-3-9(7-10)15(16,17)18/h2-8H,1H3,(H,20,21,22)/b19-8+. The molecule has 0 aliphatic carbocycles. The normalized spacial score (nSPS) is 12.0. The molecular weight excluding hydrogens is 341 g/mol. The largest absolute Gasteiger partial charge is 0.447 e. The van der Waals surface area contributed by atoms with Crippen molar-refractivity contribution in [2.75, 3.05) is 7.05 Å². The number of halogens is 3. The number of rotatable bonds is 4. The van der Waals surface area contributed by atoms with Crippen molar-refractivity contribution in [3.63, 3.8) is 0 Å². The molecule has 2 heterocycles. The van der Waals surface area contributed by atoms with E-state index in [2.05, 4.69) is 20.4 Å². The van der Waals surface area contributed by atoms with E-state index in [9.17, 15) is 13.2 Å². The number of ether oxygens (including phenoxy) is 1. The van der Waals surface area contributed by atoms with E-state index in [4.69, 9.17) is 4.74 Å². The lowest BCUT2D eigenvalue weighted by atomic mass is 10.2. The number of benzene rings is 1. The van der Waals surface area contributed by atoms with Gasteiger partial charge in [0.05, 0.1) is 10.4 Å². The van der Waals surface area contributed by atoms with Crippen molar-refractivity contribution in [3.8, 4) is 21.4 Å². The van der Waals surface area contributed by atoms with Gasteiger partial charge in [0.25, 0.3) is 0 Å². The Kier molecular flexibility index (Phi) is 4.34. The summed E-state index contributed by atoms with van der Waals surface area (Å²) in [4.78, 5) is 4.67. The van der Waals surface area contributed by atoms with Crippen LogP contribution in [0.5, 0.6) is 10.8 Å². The van der Waals surface area contributed by atoms with Crippen molar-refractivity contribution >= 4 is 17.6 Å². The summed E-state index contributed by atoms with van der Waals surface area (Å²) < 4.78 is 43.7. The Balaban J connectivity index is 1.83. The van der Waals surface area contributed by atoms with Crippen molar-refractivity contribution in [1.82, 2.24) is 15.4 Å². The third-order valence-corrected chi connectivity index (χ3v) is 4.00. The lowest BCUT2D eigenvalue weighted by Gasteiger charge is -2.08. The van der Waals surface area contributed by atoms with Crippen LogP contribution in [-0.4, -0.2) is 28.7 Å². The quantitative estimate of drug-likeness (QED) is 0.708. The zero-order chi connectivity index (χ0) is 17.2. The molecule has 0 radical (unpaired) electrons. The average Bonchev–Trinajstić information content (AvgIpc) is 3.16. The van der Waals surface area contributed by atoms with Crippen LogP contribution in [-0.2, 0) is 6.18 Å². The van der Waals surface area contributed by atoms with E-state index in [1.807, 2.05) is 0 Å². The van der Waals surface area contributed by atoms with E-state index in [0.29, 0.717) is 16.5 Å². The van der Waals surface area contributed by atoms with Crippen LogP contribution in [0.25, 0.3) is 10.6 Å². The molecule has 0 fully saturated rings. The van der Waals surface area contributed by atoms with Gasteiger partial charge in [-0.25, -0.2) is 0 Å². The van der Waals surface area contributed by atoms with Gasteiger partial charge in [-0.3, -0.25) is 10.1 Å². The summed E-state index contributed by atoms with van der Waals surface area (Å²) in [5.41, 5.74) is 0.490. The highest BCUT2D eigenvalue weighted by Crippen LogP contribution is 2.37. The Bertz CT molecular complexity index is 869. The Morgan fingerprint density at radius 1 is 1.25 bits per heavy atom. The van der Waals surface area contributed by atoms with Crippen LogP contribution >= 0.6 is 11.3 Å². The molecule has 1 aromatic carbocycles. The van der Waals surface area contributed by atoms with Crippen LogP contribution in [0.3, 0.4) is 0 Å². The van der Waals surface area contributed by atoms with Gasteiger partial charge in [-0.15, -0.1) is 5.10 Å². The molecule has 0 saturated carbocycles. The molecule has 1 N–H and O–H groups in total. The third kappa shape index (κ3) is 3.46. The van der Waals surface area contributed by atoms with Gasteiger partial charge < -0.3 is 4.74 Å². The van der Waals surface area contributed by atoms with Crippen molar-refractivity contribution < 1.29 is 17.9 Å². The molecule has 0 aliphatic rings. The molecule has 2 aromatic heterocycles. The molecule has 0 bridgehead atoms. The summed E-state index contributed by atoms with van der Waals surface area (Å²) in [6.07, 6.45) is -2.82. The van der Waals surface area contributed by atoms with Crippen LogP contribution in [0, 0.1) is 0 Å². The summed E-state index contributed by atoms with van der Waals surface area (Å²) in [6.45, 7) is 0. The second-order valence-electron chi connectivity index (χ2n) is 4.71. The minimum Gasteiger partial charge on any atom is -0.447 e. The average molecular weight is 352 g/mol. The maximum Gasteiger partial charge on any atom is 0.416 e. The molecule has 0 unspecified atom stereocenters. The van der Waals surface area contributed by atoms with Gasteiger partial charge >= 0.3 is 6.18 Å². The molecule has 0 saturated heterocycles. The maximum absolute atomic E-state index is 12.7. The fourth-order valence-electron chi connectivity index (χ4n) is 1.99. The lowest BCUT2D eigenvalue weighted by Crippen LogP contribution is -2.04. The lowest BCUT2D eigenvalue weighted by molar-refractivity contribution is -0.137. The SMILES string of the molecule is C/N=C/c1[nH]nnc1-c1ccc(Oc2cccc(C(F)(F)F)c2)s1. The number of hydrogen-bond donors (Lipinski definition) is 1. The van der Waals surface area contributed by atoms with Crippen molar-refractivity contribution in [1.29, 1.82) is 0 Å². The number of nitrogens with zero attached hydrogens (tertiary/aromatic N) is 3. The minimum atomic E-state index is -4.41. The van der Waals surface area contributed by atoms with Crippen LogP contribution in [0.4, 0.5) is 13.2 Å². The molecule has 3 aromatic rings. The zero-order valence-corrected chi connectivity index (χ0v) is 13.1. The van der Waals surface area contributed by atoms with Crippen LogP contribution < -0.4 is 4.74 Å². The molecule has 0 spiro atoms. The van der Waals surface area contributed by atoms with Gasteiger partial charge in [-0.05, 0) is 30.3 Å². The number of thiophene rings is 1. The third-order valence-electron chi connectivity index (χ3n) is 3.03. The zero-order valence-electron chi connectivity index (χ0n) is 12.3. The molecule has 124 valence electrons. The van der Waals surface area contributed by atoms with Gasteiger partial charge in [0, 0.05) is 13.3 Å². The number of aliphatic imine (C=N–C) groups is 1. The van der Waals surface area contributed by atoms with E-state index in [-0.39, 0.29) is 5.75 Å². The first-order chi connectivity index (χ1) is 11.5. The number of nitrogens with one attached hydrogen (secondary N) is 1. The number of H-pyrrole nitrogens is 1. The van der Waals surface area contributed by atoms with Gasteiger partial charge in [0.1, 0.15) is 17.1 Å². The topological polar surface area (TPSA) is 63.2 Å². The second-order valence-corrected chi connectivity index (χ2v) is 5.75. The summed E-state index contributed by atoms with van der Waals surface area (Å²) in [6, 6.07) is 8.17. The summed E-state index contributed by atoms with van der Waals surface area (Å²) >= 11 is 1.25. The van der Waals surface area contributed by atoms with Crippen molar-refractivity contribution in [2.24, 2.45) is 4.99 Å². The number of hydrogen-bond acceptors (Lipinski definition) is 5. The van der Waals surface area contributed by atoms with Crippen LogP contribution in [0.15, 0.2) is 41.4 Å². The van der Waals surface area contributed by atoms with Crippen molar-refractivity contribution in [3.05, 3.63) is 47.7 Å². The van der Waals surface area contributed by atoms with Gasteiger partial charge in [0.2, 0.25) is 0 Å². The Morgan fingerprint density at radius 3 is 2.83 bits per heavy atom. The van der Waals surface area contributed by atoms with Gasteiger partial charge in [-0.1, -0.05) is 22.6 Å². The first-order valence-electron chi connectivity index (χ1n) is 6.76. The van der Waals surface area contributed by atoms with E-state index in [1.54, 1.807) is 25.4 Å². The highest BCUT2D eigenvalue weighted by atomic mass is 32.1. The van der Waals surface area contributed by atoms with Crippen molar-refractivity contribution in [2.45, 2.75) is 6.18 Å². The Morgan fingerprint density at radius 2 is 2.08 bits per heavy atom. The molecule has 3 rings (SSSR count). The fraction of sp³-hybridized carbons (Fsp3) is 0.133. The van der Waals surface area contributed by atoms with E-state index < -0.39 is 11.7 Å². The van der Waals surface area contributed by atoms with Crippen LogP contribution in [0.1, 0.15) is 11.3 Å². The molecule has 0 atom stereocenters. The number of alkyl halides is 3. The second kappa shape index (κ2) is 6.44. The fourth-order valence-corrected chi connectivity index (χ4v) is 2.87. The summed E-state index contributed by atoms with van der Waals surface area (Å²) in [7, 11) is 1.63. The minimum absolute atomic E-state index is 0.119. The predicted molar refractivity (Wildman–Crippen MR) is 84.7 cm³/mol. The molecule has 0 aliphatic heterocycles. The monoisotopic (exact) mass is 352 g/mol. The Labute approximate surface area is 138 Å². The number of aromatic nitrogens is 3. The summed E-state index contributed by atoms with van der Waals surface area (Å²) in [5.74, 6) is 0.119. The maximum atomic E-state index is 12.7. The van der Waals surface area contributed by atoms with Gasteiger partial charge in [-0.2, -0.15) is 13.2 Å². The summed E-state index contributed by atoms with van der Waals surface area (Å²) in [5, 5.41) is 10.9. The first-order valence-corrected chi connectivity index (χ1v) is 7.57. The molecule has 0 amide bonds. The number of aromatic amines is 1. The van der Waals surface area contributed by atoms with E-state index >= 15 is 0 Å². The van der Waals surface area contributed by atoms with Gasteiger partial charge in [0.15, 0.2) is 5.06 Å². The predicted octanol–water partition coefficient (Wildman–Crippen LogP) is 4.39. The van der Waals surface area contributed by atoms with Crippen LogP contribution in [0.2, 0.25) is 0 Å². The highest BCUT2D eigenvalue weighted by Gasteiger charge is 2.30.